The molecule has 0 N–H and O–H groups in total. The van der Waals surface area contributed by atoms with Crippen LogP contribution in [0, 0.1) is 6.92 Å². The van der Waals surface area contributed by atoms with Gasteiger partial charge < -0.3 is 4.74 Å². The zero-order valence-electron chi connectivity index (χ0n) is 13.1. The first kappa shape index (κ1) is 14.3. The number of para-hydroxylation sites is 1. The number of ether oxygens (including phenoxy) is 1. The van der Waals surface area contributed by atoms with E-state index in [1.165, 1.54) is 5.57 Å². The fraction of sp³-hybridized carbons (Fsp3) is 0.222. The van der Waals surface area contributed by atoms with E-state index in [9.17, 15) is 0 Å². The molecule has 0 aliphatic heterocycles. The molecule has 0 radical (unpaired) electrons. The lowest BCUT2D eigenvalue weighted by Crippen LogP contribution is -2.00. The van der Waals surface area contributed by atoms with Crippen molar-refractivity contribution in [3.8, 4) is 11.4 Å². The maximum Gasteiger partial charge on any atom is 0.122 e. The average Bonchev–Trinajstić information content (AvgIpc) is 2.92. The summed E-state index contributed by atoms with van der Waals surface area (Å²) in [4.78, 5) is 0. The fourth-order valence-electron chi connectivity index (χ4n) is 2.29. The number of allylic oxidation sites excluding steroid dienone is 1. The summed E-state index contributed by atoms with van der Waals surface area (Å²) < 4.78 is 7.64. The summed E-state index contributed by atoms with van der Waals surface area (Å²) in [7, 11) is 0. The zero-order valence-corrected chi connectivity index (χ0v) is 13.1. The summed E-state index contributed by atoms with van der Waals surface area (Å²) in [5.74, 6) is 0.894. The van der Waals surface area contributed by atoms with E-state index in [0.29, 0.717) is 6.61 Å². The highest BCUT2D eigenvalue weighted by Crippen LogP contribution is 2.23. The Bertz CT molecular complexity index is 829. The minimum atomic E-state index is 0.592. The number of fused-ring (bicyclic) bond motifs is 1. The van der Waals surface area contributed by atoms with Crippen molar-refractivity contribution >= 4 is 11.0 Å². The molecule has 3 aromatic rings. The molecule has 4 heteroatoms. The van der Waals surface area contributed by atoms with Crippen LogP contribution in [-0.2, 0) is 0 Å². The SMILES string of the molecule is CC(C)=CCOc1ccc(-n2nnc3ccccc32)cc1C. The van der Waals surface area contributed by atoms with Crippen LogP contribution in [0.4, 0.5) is 0 Å². The van der Waals surface area contributed by atoms with Crippen molar-refractivity contribution in [2.75, 3.05) is 6.61 Å². The second kappa shape index (κ2) is 6.02. The van der Waals surface area contributed by atoms with Crippen molar-refractivity contribution in [2.45, 2.75) is 20.8 Å². The van der Waals surface area contributed by atoms with E-state index in [1.807, 2.05) is 48.0 Å². The van der Waals surface area contributed by atoms with Crippen molar-refractivity contribution in [3.63, 3.8) is 0 Å². The van der Waals surface area contributed by atoms with Gasteiger partial charge in [-0.1, -0.05) is 22.9 Å². The quantitative estimate of drug-likeness (QED) is 0.681. The molecule has 0 aliphatic rings. The Morgan fingerprint density at radius 1 is 1.18 bits per heavy atom. The van der Waals surface area contributed by atoms with E-state index in [4.69, 9.17) is 4.74 Å². The highest BCUT2D eigenvalue weighted by molar-refractivity contribution is 5.76. The van der Waals surface area contributed by atoms with Crippen LogP contribution in [0.3, 0.4) is 0 Å². The molecular formula is C18H19N3O. The molecule has 22 heavy (non-hydrogen) atoms. The summed E-state index contributed by atoms with van der Waals surface area (Å²) in [5.41, 5.74) is 5.22. The van der Waals surface area contributed by atoms with E-state index < -0.39 is 0 Å². The Hall–Kier alpha value is -2.62. The van der Waals surface area contributed by atoms with Crippen LogP contribution in [0.15, 0.2) is 54.1 Å². The van der Waals surface area contributed by atoms with Crippen molar-refractivity contribution in [2.24, 2.45) is 0 Å². The van der Waals surface area contributed by atoms with Gasteiger partial charge in [0, 0.05) is 0 Å². The standard InChI is InChI=1S/C18H19N3O/c1-13(2)10-11-22-18-9-8-15(12-14(18)3)21-17-7-5-4-6-16(17)19-20-21/h4-10,12H,11H2,1-3H3. The number of benzene rings is 2. The van der Waals surface area contributed by atoms with Gasteiger partial charge in [0.05, 0.1) is 11.2 Å². The van der Waals surface area contributed by atoms with Crippen LogP contribution in [0.25, 0.3) is 16.7 Å². The second-order valence-electron chi connectivity index (χ2n) is 5.53. The Balaban J connectivity index is 1.90. The van der Waals surface area contributed by atoms with Crippen molar-refractivity contribution in [3.05, 3.63) is 59.7 Å². The molecule has 0 aliphatic carbocycles. The number of rotatable bonds is 4. The summed E-state index contributed by atoms with van der Waals surface area (Å²) in [6.45, 7) is 6.76. The maximum absolute atomic E-state index is 5.79. The first-order valence-corrected chi connectivity index (χ1v) is 7.33. The fourth-order valence-corrected chi connectivity index (χ4v) is 2.29. The van der Waals surface area contributed by atoms with Gasteiger partial charge in [-0.05, 0) is 62.7 Å². The van der Waals surface area contributed by atoms with Gasteiger partial charge in [0.1, 0.15) is 17.9 Å². The van der Waals surface area contributed by atoms with Gasteiger partial charge in [-0.3, -0.25) is 0 Å². The van der Waals surface area contributed by atoms with Gasteiger partial charge in [-0.25, -0.2) is 4.68 Å². The van der Waals surface area contributed by atoms with E-state index in [0.717, 1.165) is 28.0 Å². The van der Waals surface area contributed by atoms with Crippen LogP contribution < -0.4 is 4.74 Å². The Labute approximate surface area is 130 Å². The minimum absolute atomic E-state index is 0.592. The normalized spacial score (nSPS) is 10.7. The Morgan fingerprint density at radius 3 is 2.77 bits per heavy atom. The monoisotopic (exact) mass is 293 g/mol. The molecule has 0 bridgehead atoms. The van der Waals surface area contributed by atoms with Crippen LogP contribution in [-0.4, -0.2) is 21.6 Å². The molecule has 0 atom stereocenters. The van der Waals surface area contributed by atoms with Gasteiger partial charge >= 0.3 is 0 Å². The second-order valence-corrected chi connectivity index (χ2v) is 5.53. The minimum Gasteiger partial charge on any atom is -0.489 e. The largest absolute Gasteiger partial charge is 0.489 e. The molecule has 0 unspecified atom stereocenters. The highest BCUT2D eigenvalue weighted by atomic mass is 16.5. The van der Waals surface area contributed by atoms with Crippen molar-refractivity contribution in [1.29, 1.82) is 0 Å². The van der Waals surface area contributed by atoms with Gasteiger partial charge in [0.25, 0.3) is 0 Å². The van der Waals surface area contributed by atoms with E-state index in [1.54, 1.807) is 0 Å². The molecule has 0 spiro atoms. The van der Waals surface area contributed by atoms with Gasteiger partial charge in [-0.15, -0.1) is 5.10 Å². The molecule has 1 aromatic heterocycles. The topological polar surface area (TPSA) is 39.9 Å². The molecule has 0 fully saturated rings. The highest BCUT2D eigenvalue weighted by Gasteiger charge is 2.07. The van der Waals surface area contributed by atoms with Crippen molar-refractivity contribution < 1.29 is 4.74 Å². The first-order chi connectivity index (χ1) is 10.6. The van der Waals surface area contributed by atoms with Gasteiger partial charge in [0.15, 0.2) is 0 Å². The van der Waals surface area contributed by atoms with E-state index in [-0.39, 0.29) is 0 Å². The summed E-state index contributed by atoms with van der Waals surface area (Å²) in [5, 5.41) is 8.43. The average molecular weight is 293 g/mol. The molecule has 2 aromatic carbocycles. The number of aromatic nitrogens is 3. The predicted molar refractivity (Wildman–Crippen MR) is 88.5 cm³/mol. The summed E-state index contributed by atoms with van der Waals surface area (Å²) >= 11 is 0. The lowest BCUT2D eigenvalue weighted by Gasteiger charge is -2.10. The van der Waals surface area contributed by atoms with E-state index >= 15 is 0 Å². The molecule has 0 amide bonds. The lowest BCUT2D eigenvalue weighted by atomic mass is 10.2. The van der Waals surface area contributed by atoms with Crippen LogP contribution in [0.2, 0.25) is 0 Å². The van der Waals surface area contributed by atoms with Crippen LogP contribution >= 0.6 is 0 Å². The third kappa shape index (κ3) is 2.86. The maximum atomic E-state index is 5.79. The van der Waals surface area contributed by atoms with E-state index in [2.05, 4.69) is 36.3 Å². The number of hydrogen-bond donors (Lipinski definition) is 0. The van der Waals surface area contributed by atoms with Crippen LogP contribution in [0.1, 0.15) is 19.4 Å². The predicted octanol–water partition coefficient (Wildman–Crippen LogP) is 4.07. The molecular weight excluding hydrogens is 274 g/mol. The van der Waals surface area contributed by atoms with Gasteiger partial charge in [0.2, 0.25) is 0 Å². The molecule has 112 valence electrons. The summed E-state index contributed by atoms with van der Waals surface area (Å²) in [6, 6.07) is 14.0. The summed E-state index contributed by atoms with van der Waals surface area (Å²) in [6.07, 6.45) is 2.07. The Morgan fingerprint density at radius 2 is 2.00 bits per heavy atom. The third-order valence-electron chi connectivity index (χ3n) is 3.49. The number of hydrogen-bond acceptors (Lipinski definition) is 3. The Kier molecular flexibility index (Phi) is 3.92. The van der Waals surface area contributed by atoms with Crippen molar-refractivity contribution in [1.82, 2.24) is 15.0 Å². The van der Waals surface area contributed by atoms with Crippen LogP contribution in [0.5, 0.6) is 5.75 Å². The zero-order chi connectivity index (χ0) is 15.5. The molecule has 3 rings (SSSR count). The molecule has 0 saturated carbocycles. The molecule has 0 saturated heterocycles. The number of nitrogens with zero attached hydrogens (tertiary/aromatic N) is 3. The van der Waals surface area contributed by atoms with Gasteiger partial charge in [-0.2, -0.15) is 0 Å². The molecule has 1 heterocycles. The smallest absolute Gasteiger partial charge is 0.122 e. The first-order valence-electron chi connectivity index (χ1n) is 7.33. The number of aryl methyl sites for hydroxylation is 1. The molecule has 4 nitrogen and oxygen atoms in total. The lowest BCUT2D eigenvalue weighted by molar-refractivity contribution is 0.359. The third-order valence-corrected chi connectivity index (χ3v) is 3.49.